The highest BCUT2D eigenvalue weighted by Crippen LogP contribution is 2.36. The third-order valence-electron chi connectivity index (χ3n) is 6.34. The highest BCUT2D eigenvalue weighted by atomic mass is 16.5. The van der Waals surface area contributed by atoms with Crippen molar-refractivity contribution in [3.05, 3.63) is 102 Å². The number of nitrogens with one attached hydrogen (secondary N) is 2. The van der Waals surface area contributed by atoms with Crippen molar-refractivity contribution in [3.8, 4) is 11.5 Å². The Kier molecular flexibility index (Phi) is 7.91. The molecule has 4 rings (SSSR count). The number of fused-ring (bicyclic) bond motifs is 1. The molecule has 172 valence electrons. The monoisotopic (exact) mass is 442 g/mol. The van der Waals surface area contributed by atoms with Gasteiger partial charge in [0.15, 0.2) is 11.5 Å². The lowest BCUT2D eigenvalue weighted by Crippen LogP contribution is -2.11. The smallest absolute Gasteiger partial charge is 0.161 e. The van der Waals surface area contributed by atoms with Gasteiger partial charge in [0.25, 0.3) is 0 Å². The molecule has 1 aliphatic heterocycles. The summed E-state index contributed by atoms with van der Waals surface area (Å²) in [5, 5.41) is 6.76. The fourth-order valence-corrected chi connectivity index (χ4v) is 4.58. The molecule has 0 aliphatic carbocycles. The molecule has 1 atom stereocenters. The molecular formula is C29H34N2O2. The maximum absolute atomic E-state index is 6.19. The van der Waals surface area contributed by atoms with Gasteiger partial charge in [0, 0.05) is 24.7 Å². The Bertz CT molecular complexity index is 1050. The molecule has 3 aromatic rings. The molecule has 4 heteroatoms. The second-order valence-electron chi connectivity index (χ2n) is 8.51. The van der Waals surface area contributed by atoms with Crippen LogP contribution in [0.4, 0.5) is 5.69 Å². The Morgan fingerprint density at radius 3 is 2.58 bits per heavy atom. The minimum Gasteiger partial charge on any atom is -0.493 e. The molecule has 0 radical (unpaired) electrons. The average Bonchev–Trinajstić information content (AvgIpc) is 3.27. The summed E-state index contributed by atoms with van der Waals surface area (Å²) in [5.74, 6) is 2.18. The summed E-state index contributed by atoms with van der Waals surface area (Å²) in [6.45, 7) is 6.17. The van der Waals surface area contributed by atoms with E-state index in [9.17, 15) is 0 Å². The van der Waals surface area contributed by atoms with Crippen molar-refractivity contribution in [2.45, 2.75) is 38.2 Å². The quantitative estimate of drug-likeness (QED) is 0.334. The maximum atomic E-state index is 6.19. The van der Waals surface area contributed by atoms with Crippen LogP contribution in [0.3, 0.4) is 0 Å². The van der Waals surface area contributed by atoms with E-state index in [0.29, 0.717) is 12.5 Å². The van der Waals surface area contributed by atoms with Crippen LogP contribution in [0, 0.1) is 0 Å². The second kappa shape index (κ2) is 11.5. The zero-order valence-electron chi connectivity index (χ0n) is 19.5. The standard InChI is InChI=1S/C29H34N2O2/c1-3-30-17-16-24-18-28(32-2)29(33-21-22-10-5-4-6-11-22)19-23(24)12-9-13-25-20-31-27-15-8-7-14-26(25)27/h3-8,10-11,14-15,18-19,25,30-31H,1,9,12-13,16-17,20-21H2,2H3. The molecule has 0 amide bonds. The zero-order valence-corrected chi connectivity index (χ0v) is 19.5. The molecule has 1 unspecified atom stereocenters. The SMILES string of the molecule is C=CNCCc1cc(OC)c(OCc2ccccc2)cc1CCCC1CNc2ccccc21. The molecule has 0 saturated heterocycles. The number of methoxy groups -OCH3 is 1. The minimum absolute atomic E-state index is 0.526. The number of hydrogen-bond donors (Lipinski definition) is 2. The number of rotatable bonds is 12. The van der Waals surface area contributed by atoms with E-state index in [2.05, 4.69) is 65.7 Å². The van der Waals surface area contributed by atoms with Crippen LogP contribution in [0.2, 0.25) is 0 Å². The summed E-state index contributed by atoms with van der Waals surface area (Å²) >= 11 is 0. The summed E-state index contributed by atoms with van der Waals surface area (Å²) in [7, 11) is 1.71. The molecule has 3 aromatic carbocycles. The lowest BCUT2D eigenvalue weighted by Gasteiger charge is -2.17. The largest absolute Gasteiger partial charge is 0.493 e. The van der Waals surface area contributed by atoms with Crippen LogP contribution in [0.5, 0.6) is 11.5 Å². The Balaban J connectivity index is 1.47. The molecule has 33 heavy (non-hydrogen) atoms. The third-order valence-corrected chi connectivity index (χ3v) is 6.34. The van der Waals surface area contributed by atoms with Crippen LogP contribution < -0.4 is 20.1 Å². The molecule has 0 saturated carbocycles. The lowest BCUT2D eigenvalue weighted by atomic mass is 9.92. The van der Waals surface area contributed by atoms with Gasteiger partial charge in [-0.15, -0.1) is 0 Å². The predicted octanol–water partition coefficient (Wildman–Crippen LogP) is 6.08. The molecular weight excluding hydrogens is 408 g/mol. The van der Waals surface area contributed by atoms with Gasteiger partial charge in [0.1, 0.15) is 6.61 Å². The highest BCUT2D eigenvalue weighted by molar-refractivity contribution is 5.57. The van der Waals surface area contributed by atoms with Gasteiger partial charge >= 0.3 is 0 Å². The molecule has 0 fully saturated rings. The first kappa shape index (κ1) is 22.8. The van der Waals surface area contributed by atoms with Gasteiger partial charge in [0.05, 0.1) is 7.11 Å². The maximum Gasteiger partial charge on any atom is 0.161 e. The van der Waals surface area contributed by atoms with Gasteiger partial charge < -0.3 is 20.1 Å². The van der Waals surface area contributed by atoms with Gasteiger partial charge in [-0.05, 0) is 72.3 Å². The Morgan fingerprint density at radius 2 is 1.76 bits per heavy atom. The first-order valence-electron chi connectivity index (χ1n) is 11.8. The van der Waals surface area contributed by atoms with Crippen molar-refractivity contribution in [1.29, 1.82) is 0 Å². The predicted molar refractivity (Wildman–Crippen MR) is 136 cm³/mol. The second-order valence-corrected chi connectivity index (χ2v) is 8.51. The highest BCUT2D eigenvalue weighted by Gasteiger charge is 2.21. The molecule has 0 aromatic heterocycles. The van der Waals surface area contributed by atoms with Crippen molar-refractivity contribution in [2.75, 3.05) is 25.5 Å². The van der Waals surface area contributed by atoms with E-state index in [4.69, 9.17) is 9.47 Å². The molecule has 2 N–H and O–H groups in total. The van der Waals surface area contributed by atoms with E-state index in [-0.39, 0.29) is 0 Å². The van der Waals surface area contributed by atoms with Gasteiger partial charge in [-0.2, -0.15) is 0 Å². The van der Waals surface area contributed by atoms with Crippen LogP contribution in [0.15, 0.2) is 79.5 Å². The molecule has 0 spiro atoms. The van der Waals surface area contributed by atoms with Gasteiger partial charge in [0.2, 0.25) is 0 Å². The van der Waals surface area contributed by atoms with E-state index in [1.807, 2.05) is 18.2 Å². The van der Waals surface area contributed by atoms with Crippen LogP contribution in [-0.4, -0.2) is 20.2 Å². The number of hydrogen-bond acceptors (Lipinski definition) is 4. The lowest BCUT2D eigenvalue weighted by molar-refractivity contribution is 0.284. The fraction of sp³-hybridized carbons (Fsp3) is 0.310. The Hall–Kier alpha value is -3.40. The van der Waals surface area contributed by atoms with Crippen molar-refractivity contribution in [1.82, 2.24) is 5.32 Å². The van der Waals surface area contributed by atoms with Crippen molar-refractivity contribution >= 4 is 5.69 Å². The fourth-order valence-electron chi connectivity index (χ4n) is 4.58. The molecule has 4 nitrogen and oxygen atoms in total. The van der Waals surface area contributed by atoms with Gasteiger partial charge in [-0.1, -0.05) is 55.1 Å². The van der Waals surface area contributed by atoms with Gasteiger partial charge in [-0.25, -0.2) is 0 Å². The topological polar surface area (TPSA) is 42.5 Å². The zero-order chi connectivity index (χ0) is 22.9. The Morgan fingerprint density at radius 1 is 1.00 bits per heavy atom. The van der Waals surface area contributed by atoms with E-state index in [0.717, 1.165) is 49.4 Å². The van der Waals surface area contributed by atoms with E-state index >= 15 is 0 Å². The summed E-state index contributed by atoms with van der Waals surface area (Å²) in [4.78, 5) is 0. The number of para-hydroxylation sites is 1. The van der Waals surface area contributed by atoms with Gasteiger partial charge in [-0.3, -0.25) is 0 Å². The molecule has 1 aliphatic rings. The van der Waals surface area contributed by atoms with Crippen molar-refractivity contribution < 1.29 is 9.47 Å². The van der Waals surface area contributed by atoms with Crippen molar-refractivity contribution in [2.24, 2.45) is 0 Å². The molecule has 1 heterocycles. The van der Waals surface area contributed by atoms with Crippen LogP contribution in [-0.2, 0) is 19.4 Å². The van der Waals surface area contributed by atoms with Crippen LogP contribution >= 0.6 is 0 Å². The average molecular weight is 443 g/mol. The first-order chi connectivity index (χ1) is 16.3. The summed E-state index contributed by atoms with van der Waals surface area (Å²) in [5.41, 5.74) is 6.53. The number of anilines is 1. The Labute approximate surface area is 197 Å². The number of ether oxygens (including phenoxy) is 2. The van der Waals surface area contributed by atoms with Crippen LogP contribution in [0.25, 0.3) is 0 Å². The third kappa shape index (κ3) is 5.89. The van der Waals surface area contributed by atoms with E-state index in [1.165, 1.54) is 28.8 Å². The number of benzene rings is 3. The first-order valence-corrected chi connectivity index (χ1v) is 11.8. The van der Waals surface area contributed by atoms with E-state index in [1.54, 1.807) is 13.3 Å². The number of aryl methyl sites for hydroxylation is 1. The van der Waals surface area contributed by atoms with Crippen LogP contribution in [0.1, 0.15) is 41.0 Å². The normalized spacial score (nSPS) is 14.3. The van der Waals surface area contributed by atoms with E-state index < -0.39 is 0 Å². The van der Waals surface area contributed by atoms with Crippen molar-refractivity contribution in [3.63, 3.8) is 0 Å². The molecule has 0 bridgehead atoms. The summed E-state index contributed by atoms with van der Waals surface area (Å²) < 4.78 is 11.9. The summed E-state index contributed by atoms with van der Waals surface area (Å²) in [6, 6.07) is 23.3. The minimum atomic E-state index is 0.526. The summed E-state index contributed by atoms with van der Waals surface area (Å²) in [6.07, 6.45) is 5.99.